The Morgan fingerprint density at radius 3 is 2.36 bits per heavy atom. The Kier molecular flexibility index (Phi) is 6.41. The quantitative estimate of drug-likeness (QED) is 0.261. The van der Waals surface area contributed by atoms with E-state index in [2.05, 4.69) is 30.5 Å². The van der Waals surface area contributed by atoms with Crippen molar-refractivity contribution in [2.24, 2.45) is 4.36 Å². The highest BCUT2D eigenvalue weighted by molar-refractivity contribution is 7.68. The minimum absolute atomic E-state index is 0.195. The summed E-state index contributed by atoms with van der Waals surface area (Å²) in [6.45, 7) is 4.05. The van der Waals surface area contributed by atoms with Crippen molar-refractivity contribution in [2.45, 2.75) is 19.9 Å². The lowest BCUT2D eigenvalue weighted by molar-refractivity contribution is 0.529. The molecule has 0 unspecified atom stereocenters. The Bertz CT molecular complexity index is 1000. The Morgan fingerprint density at radius 2 is 1.71 bits per heavy atom. The third-order valence-electron chi connectivity index (χ3n) is 3.60. The number of hydrogen-bond donors (Lipinski definition) is 4. The van der Waals surface area contributed by atoms with E-state index in [1.807, 2.05) is 50.2 Å². The number of hydrazine groups is 1. The van der Waals surface area contributed by atoms with Crippen LogP contribution >= 0.6 is 0 Å². The van der Waals surface area contributed by atoms with Crippen molar-refractivity contribution in [2.75, 3.05) is 16.2 Å². The van der Waals surface area contributed by atoms with E-state index in [1.54, 1.807) is 24.3 Å². The Balaban J connectivity index is 1.80. The molecule has 0 amide bonds. The van der Waals surface area contributed by atoms with E-state index in [0.29, 0.717) is 17.5 Å². The predicted octanol–water partition coefficient (Wildman–Crippen LogP) is 4.65. The van der Waals surface area contributed by atoms with Crippen LogP contribution in [0.15, 0.2) is 65.0 Å². The second-order valence-corrected chi connectivity index (χ2v) is 6.89. The summed E-state index contributed by atoms with van der Waals surface area (Å²) < 4.78 is 23.1. The SMILES string of the molecule is CC(C)Nc1nc(NNc2ccc(N=[S-](=O)O)cc2)cc(-c2ccccc2)n1. The zero-order valence-corrected chi connectivity index (χ0v) is 16.3. The molecule has 1 heterocycles. The van der Waals surface area contributed by atoms with E-state index in [1.165, 1.54) is 0 Å². The maximum absolute atomic E-state index is 10.7. The monoisotopic (exact) mass is 397 g/mol. The van der Waals surface area contributed by atoms with Gasteiger partial charge in [-0.1, -0.05) is 41.2 Å². The molecule has 2 aromatic carbocycles. The zero-order chi connectivity index (χ0) is 19.9. The van der Waals surface area contributed by atoms with Gasteiger partial charge in [0.05, 0.1) is 11.4 Å². The van der Waals surface area contributed by atoms with Crippen LogP contribution in [0.5, 0.6) is 0 Å². The molecule has 0 bridgehead atoms. The first-order valence-corrected chi connectivity index (χ1v) is 9.72. The topological polar surface area (TPSA) is 112 Å². The fraction of sp³-hybridized carbons (Fsp3) is 0.158. The lowest BCUT2D eigenvalue weighted by Crippen LogP contribution is -2.15. The van der Waals surface area contributed by atoms with Crippen molar-refractivity contribution in [1.29, 1.82) is 0 Å². The van der Waals surface area contributed by atoms with E-state index in [4.69, 9.17) is 4.55 Å². The van der Waals surface area contributed by atoms with Crippen molar-refractivity contribution in [3.05, 3.63) is 60.7 Å². The molecule has 0 aliphatic carbocycles. The molecule has 28 heavy (non-hydrogen) atoms. The minimum Gasteiger partial charge on any atom is -0.454 e. The summed E-state index contributed by atoms with van der Waals surface area (Å²) in [6.07, 6.45) is 0. The lowest BCUT2D eigenvalue weighted by Gasteiger charge is -2.14. The summed E-state index contributed by atoms with van der Waals surface area (Å²) in [5, 5.41) is 3.22. The summed E-state index contributed by atoms with van der Waals surface area (Å²) in [4.78, 5) is 9.07. The number of nitrogens with zero attached hydrogens (tertiary/aromatic N) is 3. The summed E-state index contributed by atoms with van der Waals surface area (Å²) in [5.74, 6) is 1.13. The van der Waals surface area contributed by atoms with Crippen molar-refractivity contribution < 1.29 is 8.76 Å². The van der Waals surface area contributed by atoms with Crippen LogP contribution in [0.4, 0.5) is 23.1 Å². The number of benzene rings is 2. The molecule has 0 aliphatic heterocycles. The van der Waals surface area contributed by atoms with E-state index < -0.39 is 10.9 Å². The van der Waals surface area contributed by atoms with Gasteiger partial charge in [-0.05, 0) is 38.1 Å². The molecule has 0 radical (unpaired) electrons. The normalized spacial score (nSPS) is 12.0. The molecule has 4 N–H and O–H groups in total. The maximum atomic E-state index is 10.7. The first-order valence-electron chi connectivity index (χ1n) is 8.65. The van der Waals surface area contributed by atoms with Gasteiger partial charge in [0.25, 0.3) is 0 Å². The molecule has 0 atom stereocenters. The Labute approximate surface area is 165 Å². The van der Waals surface area contributed by atoms with E-state index >= 15 is 0 Å². The summed E-state index contributed by atoms with van der Waals surface area (Å²) in [6, 6.07) is 18.7. The summed E-state index contributed by atoms with van der Waals surface area (Å²) in [7, 11) is -2.22. The first kappa shape index (κ1) is 19.6. The highest BCUT2D eigenvalue weighted by atomic mass is 32.2. The molecule has 3 aromatic rings. The van der Waals surface area contributed by atoms with Crippen LogP contribution in [0.25, 0.3) is 11.3 Å². The molecule has 9 heteroatoms. The molecule has 0 fully saturated rings. The molecule has 0 spiro atoms. The van der Waals surface area contributed by atoms with Crippen molar-refractivity contribution in [1.82, 2.24) is 9.97 Å². The van der Waals surface area contributed by atoms with Crippen molar-refractivity contribution >= 4 is 34.0 Å². The maximum Gasteiger partial charge on any atom is 0.225 e. The average Bonchev–Trinajstić information content (AvgIpc) is 2.67. The first-order chi connectivity index (χ1) is 13.5. The van der Waals surface area contributed by atoms with Crippen LogP contribution in [-0.2, 0) is 15.1 Å². The number of nitrogens with one attached hydrogen (secondary N) is 3. The third kappa shape index (κ3) is 5.66. The van der Waals surface area contributed by atoms with Crippen LogP contribution in [-0.4, -0.2) is 20.6 Å². The Hall–Kier alpha value is -3.17. The number of anilines is 3. The second kappa shape index (κ2) is 9.16. The van der Waals surface area contributed by atoms with Gasteiger partial charge in [-0.15, -0.1) is 0 Å². The van der Waals surface area contributed by atoms with Crippen LogP contribution in [0.3, 0.4) is 0 Å². The van der Waals surface area contributed by atoms with Gasteiger partial charge in [0.15, 0.2) is 5.82 Å². The molecule has 0 saturated heterocycles. The zero-order valence-electron chi connectivity index (χ0n) is 15.5. The third-order valence-corrected chi connectivity index (χ3v) is 3.97. The van der Waals surface area contributed by atoms with Gasteiger partial charge < -0.3 is 18.4 Å². The highest BCUT2D eigenvalue weighted by Gasteiger charge is 2.07. The fourth-order valence-electron chi connectivity index (χ4n) is 2.42. The summed E-state index contributed by atoms with van der Waals surface area (Å²) in [5.41, 5.74) is 9.07. The van der Waals surface area contributed by atoms with E-state index in [9.17, 15) is 4.21 Å². The minimum atomic E-state index is -2.22. The largest absolute Gasteiger partial charge is 0.454 e. The molecular formula is C19H21N6O2S-. The van der Waals surface area contributed by atoms with Gasteiger partial charge in [0.1, 0.15) is 0 Å². The van der Waals surface area contributed by atoms with Crippen LogP contribution < -0.4 is 16.2 Å². The van der Waals surface area contributed by atoms with Crippen molar-refractivity contribution in [3.63, 3.8) is 0 Å². The molecule has 3 rings (SSSR count). The standard InChI is InChI=1S/C19H21N6O2S/c1-13(2)20-19-21-17(14-6-4-3-5-7-14)12-18(22-19)24-23-15-8-10-16(11-9-15)25-28(26)27/h3-13,23H,1-2H3,(H,25,26,27)(H2,20,21,22,24)/q-1. The van der Waals surface area contributed by atoms with Crippen LogP contribution in [0.2, 0.25) is 0 Å². The highest BCUT2D eigenvalue weighted by Crippen LogP contribution is 2.22. The van der Waals surface area contributed by atoms with Gasteiger partial charge in [-0.2, -0.15) is 4.98 Å². The molecule has 0 aliphatic rings. The molecule has 8 nitrogen and oxygen atoms in total. The second-order valence-electron chi connectivity index (χ2n) is 6.25. The molecule has 1 aromatic heterocycles. The van der Waals surface area contributed by atoms with Crippen LogP contribution in [0, 0.1) is 0 Å². The molecular weight excluding hydrogens is 376 g/mol. The average molecular weight is 397 g/mol. The van der Waals surface area contributed by atoms with E-state index in [-0.39, 0.29) is 6.04 Å². The van der Waals surface area contributed by atoms with Gasteiger partial charge in [0, 0.05) is 23.4 Å². The van der Waals surface area contributed by atoms with Crippen molar-refractivity contribution in [3.8, 4) is 11.3 Å². The number of hydrogen-bond acceptors (Lipinski definition) is 8. The fourth-order valence-corrected chi connectivity index (χ4v) is 2.72. The lowest BCUT2D eigenvalue weighted by atomic mass is 10.1. The van der Waals surface area contributed by atoms with E-state index in [0.717, 1.165) is 16.9 Å². The van der Waals surface area contributed by atoms with Gasteiger partial charge >= 0.3 is 0 Å². The molecule has 146 valence electrons. The van der Waals surface area contributed by atoms with Crippen LogP contribution in [0.1, 0.15) is 13.8 Å². The smallest absolute Gasteiger partial charge is 0.225 e. The Morgan fingerprint density at radius 1 is 1.00 bits per heavy atom. The summed E-state index contributed by atoms with van der Waals surface area (Å²) >= 11 is 0. The molecule has 0 saturated carbocycles. The predicted molar refractivity (Wildman–Crippen MR) is 113 cm³/mol. The van der Waals surface area contributed by atoms with Gasteiger partial charge in [-0.25, -0.2) is 4.98 Å². The van der Waals surface area contributed by atoms with Gasteiger partial charge in [-0.3, -0.25) is 10.9 Å². The number of aromatic nitrogens is 2. The number of rotatable bonds is 7. The van der Waals surface area contributed by atoms with Gasteiger partial charge in [0.2, 0.25) is 5.95 Å².